The lowest BCUT2D eigenvalue weighted by Gasteiger charge is -2.12. The highest BCUT2D eigenvalue weighted by Gasteiger charge is 2.15. The van der Waals surface area contributed by atoms with Crippen LogP contribution in [0.5, 0.6) is 5.75 Å². The molecule has 2 aromatic rings. The van der Waals surface area contributed by atoms with Gasteiger partial charge >= 0.3 is 5.97 Å². The first kappa shape index (κ1) is 23.2. The Morgan fingerprint density at radius 3 is 2.00 bits per heavy atom. The van der Waals surface area contributed by atoms with Crippen molar-refractivity contribution in [3.8, 4) is 16.9 Å². The number of hydrogen-bond donors (Lipinski definition) is 0. The monoisotopic (exact) mass is 396 g/mol. The summed E-state index contributed by atoms with van der Waals surface area (Å²) in [5.74, 6) is 0.190. The molecule has 0 aliphatic rings. The third kappa shape index (κ3) is 8.41. The third-order valence-electron chi connectivity index (χ3n) is 5.08. The zero-order valence-electron chi connectivity index (χ0n) is 18.3. The Bertz CT molecular complexity index is 704. The predicted octanol–water partition coefficient (Wildman–Crippen LogP) is 6.98. The Morgan fingerprint density at radius 1 is 0.793 bits per heavy atom. The van der Waals surface area contributed by atoms with Crippen LogP contribution < -0.4 is 4.74 Å². The van der Waals surface area contributed by atoms with Gasteiger partial charge in [-0.05, 0) is 55.0 Å². The Labute approximate surface area is 176 Å². The van der Waals surface area contributed by atoms with Crippen molar-refractivity contribution in [3.63, 3.8) is 0 Å². The number of carbonyl (C=O) groups excluding carboxylic acids is 1. The SMILES string of the molecule is CCCCCCCCc1ccc(-c2ccc(OC(=O)[C@H](C)OCCC)cc2)cc1. The maximum Gasteiger partial charge on any atom is 0.340 e. The molecule has 3 nitrogen and oxygen atoms in total. The number of ether oxygens (including phenoxy) is 2. The van der Waals surface area contributed by atoms with Crippen LogP contribution in [-0.2, 0) is 16.0 Å². The highest BCUT2D eigenvalue weighted by Crippen LogP contribution is 2.23. The second-order valence-electron chi connectivity index (χ2n) is 7.67. The van der Waals surface area contributed by atoms with Crippen LogP contribution in [0, 0.1) is 0 Å². The maximum atomic E-state index is 12.0. The molecule has 158 valence electrons. The summed E-state index contributed by atoms with van der Waals surface area (Å²) in [6.07, 6.45) is 9.46. The molecule has 0 aliphatic carbocycles. The van der Waals surface area contributed by atoms with Crippen LogP contribution in [0.1, 0.15) is 71.3 Å². The van der Waals surface area contributed by atoms with Crippen LogP contribution in [0.25, 0.3) is 11.1 Å². The summed E-state index contributed by atoms with van der Waals surface area (Å²) in [6.45, 7) is 6.55. The first-order valence-electron chi connectivity index (χ1n) is 11.2. The third-order valence-corrected chi connectivity index (χ3v) is 5.08. The molecule has 0 heterocycles. The normalized spacial score (nSPS) is 12.0. The van der Waals surface area contributed by atoms with E-state index in [1.54, 1.807) is 6.92 Å². The zero-order valence-corrected chi connectivity index (χ0v) is 18.3. The van der Waals surface area contributed by atoms with Crippen LogP contribution in [-0.4, -0.2) is 18.7 Å². The molecule has 0 radical (unpaired) electrons. The van der Waals surface area contributed by atoms with E-state index >= 15 is 0 Å². The Hall–Kier alpha value is -2.13. The second kappa shape index (κ2) is 13.2. The number of unbranched alkanes of at least 4 members (excludes halogenated alkanes) is 5. The first-order chi connectivity index (χ1) is 14.1. The van der Waals surface area contributed by atoms with Crippen molar-refractivity contribution in [1.29, 1.82) is 0 Å². The number of esters is 1. The summed E-state index contributed by atoms with van der Waals surface area (Å²) in [4.78, 5) is 12.0. The van der Waals surface area contributed by atoms with Crippen molar-refractivity contribution in [2.45, 2.75) is 78.2 Å². The molecule has 0 unspecified atom stereocenters. The zero-order chi connectivity index (χ0) is 20.9. The molecule has 29 heavy (non-hydrogen) atoms. The van der Waals surface area contributed by atoms with E-state index in [4.69, 9.17) is 9.47 Å². The highest BCUT2D eigenvalue weighted by atomic mass is 16.6. The van der Waals surface area contributed by atoms with Gasteiger partial charge in [0.25, 0.3) is 0 Å². The number of aryl methyl sites for hydroxylation is 1. The molecular weight excluding hydrogens is 360 g/mol. The lowest BCUT2D eigenvalue weighted by Crippen LogP contribution is -2.26. The molecule has 3 heteroatoms. The van der Waals surface area contributed by atoms with Gasteiger partial charge in [0.15, 0.2) is 6.10 Å². The van der Waals surface area contributed by atoms with E-state index in [1.807, 2.05) is 31.2 Å². The number of rotatable bonds is 13. The van der Waals surface area contributed by atoms with Crippen LogP contribution in [0.4, 0.5) is 0 Å². The Morgan fingerprint density at radius 2 is 1.38 bits per heavy atom. The van der Waals surface area contributed by atoms with Gasteiger partial charge in [0, 0.05) is 6.61 Å². The van der Waals surface area contributed by atoms with Crippen molar-refractivity contribution in [2.75, 3.05) is 6.61 Å². The van der Waals surface area contributed by atoms with Crippen LogP contribution in [0.3, 0.4) is 0 Å². The van der Waals surface area contributed by atoms with E-state index in [2.05, 4.69) is 31.2 Å². The molecule has 0 aliphatic heterocycles. The molecule has 0 amide bonds. The minimum atomic E-state index is -0.547. The summed E-state index contributed by atoms with van der Waals surface area (Å²) in [7, 11) is 0. The summed E-state index contributed by atoms with van der Waals surface area (Å²) < 4.78 is 10.8. The fraction of sp³-hybridized carbons (Fsp3) is 0.500. The minimum absolute atomic E-state index is 0.356. The van der Waals surface area contributed by atoms with Crippen molar-refractivity contribution in [2.24, 2.45) is 0 Å². The molecule has 2 aromatic carbocycles. The maximum absolute atomic E-state index is 12.0. The fourth-order valence-corrected chi connectivity index (χ4v) is 3.25. The minimum Gasteiger partial charge on any atom is -0.425 e. The van der Waals surface area contributed by atoms with Gasteiger partial charge < -0.3 is 9.47 Å². The molecule has 0 aromatic heterocycles. The molecule has 0 saturated heterocycles. The van der Waals surface area contributed by atoms with Crippen molar-refractivity contribution >= 4 is 5.97 Å². The van der Waals surface area contributed by atoms with Crippen molar-refractivity contribution in [1.82, 2.24) is 0 Å². The quantitative estimate of drug-likeness (QED) is 0.208. The summed E-state index contributed by atoms with van der Waals surface area (Å²) in [5.41, 5.74) is 3.69. The standard InChI is InChI=1S/C26H36O3/c1-4-6-7-8-9-10-11-22-12-14-23(15-13-22)24-16-18-25(19-17-24)29-26(27)21(3)28-20-5-2/h12-19,21H,4-11,20H2,1-3H3/t21-/m0/s1. The second-order valence-corrected chi connectivity index (χ2v) is 7.67. The average molecular weight is 397 g/mol. The fourth-order valence-electron chi connectivity index (χ4n) is 3.25. The first-order valence-corrected chi connectivity index (χ1v) is 11.2. The molecule has 0 N–H and O–H groups in total. The molecule has 0 fully saturated rings. The smallest absolute Gasteiger partial charge is 0.340 e. The van der Waals surface area contributed by atoms with E-state index in [-0.39, 0.29) is 5.97 Å². The van der Waals surface area contributed by atoms with Crippen LogP contribution >= 0.6 is 0 Å². The number of carbonyl (C=O) groups is 1. The Balaban J connectivity index is 1.82. The van der Waals surface area contributed by atoms with Crippen molar-refractivity contribution < 1.29 is 14.3 Å². The van der Waals surface area contributed by atoms with E-state index < -0.39 is 6.10 Å². The summed E-state index contributed by atoms with van der Waals surface area (Å²) in [5, 5.41) is 0. The lowest BCUT2D eigenvalue weighted by atomic mass is 10.0. The largest absolute Gasteiger partial charge is 0.425 e. The summed E-state index contributed by atoms with van der Waals surface area (Å²) in [6, 6.07) is 16.5. The molecule has 0 saturated carbocycles. The van der Waals surface area contributed by atoms with E-state index in [9.17, 15) is 4.79 Å². The van der Waals surface area contributed by atoms with Crippen molar-refractivity contribution in [3.05, 3.63) is 54.1 Å². The van der Waals surface area contributed by atoms with Gasteiger partial charge in [-0.1, -0.05) is 82.3 Å². The van der Waals surface area contributed by atoms with Gasteiger partial charge in [0.1, 0.15) is 5.75 Å². The van der Waals surface area contributed by atoms with Gasteiger partial charge in [0.05, 0.1) is 0 Å². The molecule has 0 spiro atoms. The predicted molar refractivity (Wildman–Crippen MR) is 120 cm³/mol. The van der Waals surface area contributed by atoms with E-state index in [1.165, 1.54) is 49.7 Å². The van der Waals surface area contributed by atoms with Gasteiger partial charge in [-0.2, -0.15) is 0 Å². The highest BCUT2D eigenvalue weighted by molar-refractivity contribution is 5.77. The molecule has 1 atom stereocenters. The summed E-state index contributed by atoms with van der Waals surface area (Å²) >= 11 is 0. The van der Waals surface area contributed by atoms with E-state index in [0.717, 1.165) is 18.4 Å². The Kier molecular flexibility index (Phi) is 10.5. The molecular formula is C26H36O3. The topological polar surface area (TPSA) is 35.5 Å². The van der Waals surface area contributed by atoms with Gasteiger partial charge in [-0.15, -0.1) is 0 Å². The van der Waals surface area contributed by atoms with Crippen LogP contribution in [0.15, 0.2) is 48.5 Å². The van der Waals surface area contributed by atoms with Gasteiger partial charge in [-0.3, -0.25) is 0 Å². The number of hydrogen-bond acceptors (Lipinski definition) is 3. The molecule has 0 bridgehead atoms. The number of benzene rings is 2. The van der Waals surface area contributed by atoms with Gasteiger partial charge in [-0.25, -0.2) is 4.79 Å². The van der Waals surface area contributed by atoms with Gasteiger partial charge in [0.2, 0.25) is 0 Å². The van der Waals surface area contributed by atoms with E-state index in [0.29, 0.717) is 12.4 Å². The lowest BCUT2D eigenvalue weighted by molar-refractivity contribution is -0.146. The van der Waals surface area contributed by atoms with Crippen LogP contribution in [0.2, 0.25) is 0 Å². The average Bonchev–Trinajstić information content (AvgIpc) is 2.75. The molecule has 2 rings (SSSR count).